The molecule has 1 N–H and O–H groups in total. The number of nitrogens with one attached hydrogen (secondary N) is 1. The van der Waals surface area contributed by atoms with Gasteiger partial charge in [-0.3, -0.25) is 9.36 Å². The molecule has 35 heavy (non-hydrogen) atoms. The summed E-state index contributed by atoms with van der Waals surface area (Å²) in [5.41, 5.74) is 2.22. The number of thioether (sulfide) groups is 1. The van der Waals surface area contributed by atoms with E-state index in [4.69, 9.17) is 21.1 Å². The Hall–Kier alpha value is -2.82. The number of halogens is 1. The van der Waals surface area contributed by atoms with Gasteiger partial charge in [0.2, 0.25) is 5.91 Å². The molecular weight excluding hydrogens is 508 g/mol. The monoisotopic (exact) mass is 534 g/mol. The van der Waals surface area contributed by atoms with Gasteiger partial charge in [-0.2, -0.15) is 0 Å². The number of carbonyl (C=O) groups is 2. The number of methoxy groups -OCH3 is 1. The summed E-state index contributed by atoms with van der Waals surface area (Å²) in [7, 11) is 1.33. The first kappa shape index (κ1) is 26.8. The molecule has 0 bridgehead atoms. The minimum absolute atomic E-state index is 0.0888. The molecule has 186 valence electrons. The molecule has 8 nitrogen and oxygen atoms in total. The summed E-state index contributed by atoms with van der Waals surface area (Å²) in [6.07, 6.45) is 2.40. The summed E-state index contributed by atoms with van der Waals surface area (Å²) >= 11 is 8.69. The molecule has 1 amide bonds. The highest BCUT2D eigenvalue weighted by Gasteiger charge is 2.23. The van der Waals surface area contributed by atoms with Gasteiger partial charge in [0.05, 0.1) is 18.4 Å². The Balaban J connectivity index is 1.68. The molecule has 0 fully saturated rings. The summed E-state index contributed by atoms with van der Waals surface area (Å²) in [6, 6.07) is 5.43. The lowest BCUT2D eigenvalue weighted by atomic mass is 10.1. The van der Waals surface area contributed by atoms with Gasteiger partial charge in [0.15, 0.2) is 11.0 Å². The standard InChI is InChI=1S/C24H27ClN4O4S2/c1-6-10-29-19(12-33-16-8-9-18(25)14(3)11-16)27-28-24(29)34-13-20(30)26-22-21(23(31)32-5)17(7-2)15(4)35-22/h6,8-9,11H,1,7,10,12-13H2,2-5H3,(H,26,30). The van der Waals surface area contributed by atoms with Crippen LogP contribution in [0.25, 0.3) is 0 Å². The number of nitrogens with zero attached hydrogens (tertiary/aromatic N) is 3. The highest BCUT2D eigenvalue weighted by Crippen LogP contribution is 2.34. The van der Waals surface area contributed by atoms with Crippen LogP contribution in [0, 0.1) is 13.8 Å². The van der Waals surface area contributed by atoms with Gasteiger partial charge in [-0.25, -0.2) is 4.79 Å². The van der Waals surface area contributed by atoms with Crippen LogP contribution in [0.4, 0.5) is 5.00 Å². The zero-order chi connectivity index (χ0) is 25.5. The number of allylic oxidation sites excluding steroid dienone is 1. The van der Waals surface area contributed by atoms with E-state index in [1.54, 1.807) is 18.2 Å². The Kier molecular flexibility index (Phi) is 9.36. The molecule has 0 spiro atoms. The highest BCUT2D eigenvalue weighted by atomic mass is 35.5. The fourth-order valence-electron chi connectivity index (χ4n) is 3.40. The number of hydrogen-bond donors (Lipinski definition) is 1. The maximum absolute atomic E-state index is 12.7. The first-order chi connectivity index (χ1) is 16.8. The Morgan fingerprint density at radius 2 is 2.09 bits per heavy atom. The predicted octanol–water partition coefficient (Wildman–Crippen LogP) is 5.45. The molecule has 2 heterocycles. The minimum Gasteiger partial charge on any atom is -0.486 e. The maximum Gasteiger partial charge on any atom is 0.341 e. The molecule has 0 atom stereocenters. The topological polar surface area (TPSA) is 95.3 Å². The molecule has 3 aromatic rings. The quantitative estimate of drug-likeness (QED) is 0.198. The first-order valence-corrected chi connectivity index (χ1v) is 13.0. The molecule has 0 aliphatic rings. The van der Waals surface area contributed by atoms with Crippen LogP contribution in [0.15, 0.2) is 36.0 Å². The van der Waals surface area contributed by atoms with Crippen molar-refractivity contribution in [2.75, 3.05) is 18.2 Å². The zero-order valence-corrected chi connectivity index (χ0v) is 22.4. The number of rotatable bonds is 11. The lowest BCUT2D eigenvalue weighted by Gasteiger charge is -2.10. The third-order valence-electron chi connectivity index (χ3n) is 5.14. The van der Waals surface area contributed by atoms with Gasteiger partial charge >= 0.3 is 5.97 Å². The van der Waals surface area contributed by atoms with E-state index < -0.39 is 5.97 Å². The molecule has 3 rings (SSSR count). The van der Waals surface area contributed by atoms with E-state index in [1.807, 2.05) is 31.4 Å². The molecule has 0 saturated carbocycles. The van der Waals surface area contributed by atoms with Crippen LogP contribution in [-0.2, 0) is 29.1 Å². The van der Waals surface area contributed by atoms with Crippen LogP contribution in [0.1, 0.15) is 39.1 Å². The second-order valence-corrected chi connectivity index (χ2v) is 10.1. The summed E-state index contributed by atoms with van der Waals surface area (Å²) in [6.45, 7) is 10.3. The van der Waals surface area contributed by atoms with Gasteiger partial charge in [-0.1, -0.05) is 36.4 Å². The summed E-state index contributed by atoms with van der Waals surface area (Å²) in [5, 5.41) is 13.0. The average Bonchev–Trinajstić information content (AvgIpc) is 3.37. The smallest absolute Gasteiger partial charge is 0.341 e. The Bertz CT molecular complexity index is 1240. The maximum atomic E-state index is 12.7. The summed E-state index contributed by atoms with van der Waals surface area (Å²) < 4.78 is 12.6. The highest BCUT2D eigenvalue weighted by molar-refractivity contribution is 7.99. The zero-order valence-electron chi connectivity index (χ0n) is 20.0. The van der Waals surface area contributed by atoms with Crippen molar-refractivity contribution in [3.05, 3.63) is 63.3 Å². The van der Waals surface area contributed by atoms with E-state index in [0.29, 0.717) is 45.3 Å². The van der Waals surface area contributed by atoms with E-state index in [0.717, 1.165) is 16.0 Å². The lowest BCUT2D eigenvalue weighted by molar-refractivity contribution is -0.113. The number of carbonyl (C=O) groups excluding carboxylic acids is 2. The molecule has 0 saturated heterocycles. The SMILES string of the molecule is C=CCn1c(COc2ccc(Cl)c(C)c2)nnc1SCC(=O)Nc1sc(C)c(CC)c1C(=O)OC. The van der Waals surface area contributed by atoms with Crippen LogP contribution in [0.5, 0.6) is 5.75 Å². The van der Waals surface area contributed by atoms with E-state index in [2.05, 4.69) is 22.1 Å². The van der Waals surface area contributed by atoms with Gasteiger partial charge in [0.1, 0.15) is 17.4 Å². The first-order valence-electron chi connectivity index (χ1n) is 10.8. The average molecular weight is 535 g/mol. The molecule has 0 aliphatic carbocycles. The van der Waals surface area contributed by atoms with Crippen LogP contribution in [0.3, 0.4) is 0 Å². The van der Waals surface area contributed by atoms with Crippen molar-refractivity contribution in [1.29, 1.82) is 0 Å². The van der Waals surface area contributed by atoms with Crippen LogP contribution >= 0.6 is 34.7 Å². The third-order valence-corrected chi connectivity index (χ3v) is 7.59. The third kappa shape index (κ3) is 6.45. The van der Waals surface area contributed by atoms with E-state index in [9.17, 15) is 9.59 Å². The fourth-order valence-corrected chi connectivity index (χ4v) is 5.44. The Labute approximate surface area is 217 Å². The summed E-state index contributed by atoms with van der Waals surface area (Å²) in [4.78, 5) is 26.0. The molecule has 0 aliphatic heterocycles. The van der Waals surface area contributed by atoms with E-state index >= 15 is 0 Å². The van der Waals surface area contributed by atoms with Crippen LogP contribution in [0.2, 0.25) is 5.02 Å². The van der Waals surface area contributed by atoms with Crippen molar-refractivity contribution < 1.29 is 19.1 Å². The second-order valence-electron chi connectivity index (χ2n) is 7.52. The number of ether oxygens (including phenoxy) is 2. The van der Waals surface area contributed by atoms with Crippen molar-refractivity contribution in [2.24, 2.45) is 0 Å². The molecule has 11 heteroatoms. The number of aromatic nitrogens is 3. The van der Waals surface area contributed by atoms with E-state index in [1.165, 1.54) is 30.2 Å². The minimum atomic E-state index is -0.458. The largest absolute Gasteiger partial charge is 0.486 e. The van der Waals surface area contributed by atoms with Gasteiger partial charge in [0, 0.05) is 16.4 Å². The number of hydrogen-bond acceptors (Lipinski definition) is 8. The van der Waals surface area contributed by atoms with Gasteiger partial charge in [0.25, 0.3) is 0 Å². The summed E-state index contributed by atoms with van der Waals surface area (Å²) in [5.74, 6) is 0.653. The number of aryl methyl sites for hydroxylation is 2. The number of amides is 1. The molecule has 0 unspecified atom stereocenters. The fraction of sp³-hybridized carbons (Fsp3) is 0.333. The van der Waals surface area contributed by atoms with Crippen LogP contribution in [-0.4, -0.2) is 39.5 Å². The van der Waals surface area contributed by atoms with Gasteiger partial charge in [-0.05, 0) is 49.6 Å². The van der Waals surface area contributed by atoms with Crippen molar-refractivity contribution in [1.82, 2.24) is 14.8 Å². The second kappa shape index (κ2) is 12.2. The number of benzene rings is 1. The molecule has 0 radical (unpaired) electrons. The van der Waals surface area contributed by atoms with E-state index in [-0.39, 0.29) is 18.3 Å². The number of thiophene rings is 1. The van der Waals surface area contributed by atoms with Gasteiger partial charge < -0.3 is 14.8 Å². The van der Waals surface area contributed by atoms with Crippen molar-refractivity contribution in [3.8, 4) is 5.75 Å². The van der Waals surface area contributed by atoms with Crippen molar-refractivity contribution in [3.63, 3.8) is 0 Å². The van der Waals surface area contributed by atoms with Crippen molar-refractivity contribution >= 4 is 51.6 Å². The molecule has 2 aromatic heterocycles. The molecule has 1 aromatic carbocycles. The Morgan fingerprint density at radius 1 is 1.31 bits per heavy atom. The van der Waals surface area contributed by atoms with Gasteiger partial charge in [-0.15, -0.1) is 28.1 Å². The van der Waals surface area contributed by atoms with Crippen LogP contribution < -0.4 is 10.1 Å². The number of esters is 1. The Morgan fingerprint density at radius 3 is 2.74 bits per heavy atom. The predicted molar refractivity (Wildman–Crippen MR) is 140 cm³/mol. The molecular formula is C24H27ClN4O4S2. The lowest BCUT2D eigenvalue weighted by Crippen LogP contribution is -2.17. The van der Waals surface area contributed by atoms with Crippen molar-refractivity contribution in [2.45, 2.75) is 45.5 Å². The normalized spacial score (nSPS) is 10.8. The number of anilines is 1.